The lowest BCUT2D eigenvalue weighted by Gasteiger charge is -2.31. The number of benzene rings is 2. The van der Waals surface area contributed by atoms with E-state index in [-0.39, 0.29) is 11.1 Å². The molecule has 2 aromatic heterocycles. The van der Waals surface area contributed by atoms with Crippen molar-refractivity contribution in [3.8, 4) is 0 Å². The molecule has 0 radical (unpaired) electrons. The van der Waals surface area contributed by atoms with E-state index in [0.717, 1.165) is 23.9 Å². The first kappa shape index (κ1) is 23.8. The number of aliphatic hydroxyl groups is 1. The van der Waals surface area contributed by atoms with Gasteiger partial charge in [-0.2, -0.15) is 23.0 Å². The number of fused-ring (bicyclic) bond motifs is 2. The fourth-order valence-electron chi connectivity index (χ4n) is 4.37. The zero-order valence-electron chi connectivity index (χ0n) is 19.1. The van der Waals surface area contributed by atoms with Crippen molar-refractivity contribution in [3.63, 3.8) is 0 Å². The molecule has 0 saturated carbocycles. The minimum atomic E-state index is -4.99. The summed E-state index contributed by atoms with van der Waals surface area (Å²) in [5, 5.41) is 18.7. The van der Waals surface area contributed by atoms with E-state index < -0.39 is 17.8 Å². The number of carbonyl (C=O) groups excluding carboxylic acids is 1. The number of nitrogens with one attached hydrogen (secondary N) is 1. The van der Waals surface area contributed by atoms with Crippen LogP contribution in [0.25, 0.3) is 21.8 Å². The van der Waals surface area contributed by atoms with Crippen LogP contribution in [0.15, 0.2) is 54.9 Å². The monoisotopic (exact) mass is 472 g/mol. The van der Waals surface area contributed by atoms with Crippen molar-refractivity contribution in [1.82, 2.24) is 19.7 Å². The predicted octanol–water partition coefficient (Wildman–Crippen LogP) is 5.56. The zero-order chi connectivity index (χ0) is 24.5. The van der Waals surface area contributed by atoms with Gasteiger partial charge in [-0.3, -0.25) is 0 Å². The Hall–Kier alpha value is -3.33. The quantitative estimate of drug-likeness (QED) is 0.346. The van der Waals surface area contributed by atoms with Crippen LogP contribution < -0.4 is 5.32 Å². The number of hydrogen-bond donors (Lipinski definition) is 2. The first-order valence-corrected chi connectivity index (χ1v) is 11.4. The predicted molar refractivity (Wildman–Crippen MR) is 125 cm³/mol. The molecule has 0 spiro atoms. The Kier molecular flexibility index (Phi) is 6.40. The van der Waals surface area contributed by atoms with Gasteiger partial charge in [-0.1, -0.05) is 44.0 Å². The first-order valence-electron chi connectivity index (χ1n) is 11.4. The van der Waals surface area contributed by atoms with Gasteiger partial charge < -0.3 is 15.0 Å². The maximum atomic E-state index is 14.6. The smallest absolute Gasteiger partial charge is 0.372 e. The van der Waals surface area contributed by atoms with Gasteiger partial charge in [0, 0.05) is 41.1 Å². The summed E-state index contributed by atoms with van der Waals surface area (Å²) in [6, 6.07) is 10.2. The van der Waals surface area contributed by atoms with Gasteiger partial charge in [-0.15, -0.1) is 0 Å². The van der Waals surface area contributed by atoms with Crippen LogP contribution in [-0.4, -0.2) is 38.2 Å². The van der Waals surface area contributed by atoms with Crippen molar-refractivity contribution >= 4 is 27.8 Å². The molecule has 2 heterocycles. The second kappa shape index (κ2) is 9.13. The van der Waals surface area contributed by atoms with Crippen molar-refractivity contribution in [3.05, 3.63) is 66.0 Å². The second-order valence-corrected chi connectivity index (χ2v) is 8.33. The highest BCUT2D eigenvalue weighted by Crippen LogP contribution is 2.47. The SMILES string of the molecule is CCCCCn1cc(C(O)(c2ccc3c(cnn3C(=O)NCC)c2)C(F)(F)F)c2ccccc21. The Morgan fingerprint density at radius 3 is 2.56 bits per heavy atom. The molecule has 180 valence electrons. The number of amides is 1. The lowest BCUT2D eigenvalue weighted by atomic mass is 9.85. The standard InChI is InChI=1S/C25H27F3N4O2/c1-3-5-8-13-31-16-20(19-9-6-7-10-22(19)31)24(34,25(26,27)28)18-11-12-21-17(14-18)15-30-32(21)23(33)29-4-2/h6-7,9-12,14-16,34H,3-5,8,13H2,1-2H3,(H,29,33). The fraction of sp³-hybridized carbons (Fsp3) is 0.360. The number of rotatable bonds is 7. The van der Waals surface area contributed by atoms with E-state index >= 15 is 0 Å². The molecule has 6 nitrogen and oxygen atoms in total. The number of carbonyl (C=O) groups is 1. The topological polar surface area (TPSA) is 72.1 Å². The fourth-order valence-corrected chi connectivity index (χ4v) is 4.37. The van der Waals surface area contributed by atoms with Gasteiger partial charge in [0.25, 0.3) is 0 Å². The molecule has 0 aliphatic heterocycles. The summed E-state index contributed by atoms with van der Waals surface area (Å²) in [7, 11) is 0. The molecule has 1 amide bonds. The zero-order valence-corrected chi connectivity index (χ0v) is 19.1. The molecule has 1 atom stereocenters. The molecule has 2 N–H and O–H groups in total. The highest BCUT2D eigenvalue weighted by atomic mass is 19.4. The molecule has 0 fully saturated rings. The van der Waals surface area contributed by atoms with Crippen LogP contribution in [0, 0.1) is 0 Å². The first-order chi connectivity index (χ1) is 16.2. The summed E-state index contributed by atoms with van der Waals surface area (Å²) >= 11 is 0. The Morgan fingerprint density at radius 1 is 1.09 bits per heavy atom. The minimum Gasteiger partial charge on any atom is -0.372 e. The van der Waals surface area contributed by atoms with Crippen molar-refractivity contribution in [2.75, 3.05) is 6.54 Å². The van der Waals surface area contributed by atoms with E-state index in [0.29, 0.717) is 34.9 Å². The van der Waals surface area contributed by atoms with Crippen molar-refractivity contribution in [2.45, 2.75) is 51.4 Å². The Morgan fingerprint density at radius 2 is 1.85 bits per heavy atom. The molecule has 1 unspecified atom stereocenters. The normalized spacial score (nSPS) is 13.9. The summed E-state index contributed by atoms with van der Waals surface area (Å²) in [6.45, 7) is 4.75. The molecule has 0 saturated heterocycles. The van der Waals surface area contributed by atoms with Gasteiger partial charge in [-0.05, 0) is 37.1 Å². The molecule has 4 aromatic rings. The average Bonchev–Trinajstić information content (AvgIpc) is 3.40. The average molecular weight is 473 g/mol. The summed E-state index contributed by atoms with van der Waals surface area (Å²) < 4.78 is 46.7. The highest BCUT2D eigenvalue weighted by molar-refractivity contribution is 5.91. The number of unbranched alkanes of at least 4 members (excludes halogenated alkanes) is 2. The highest BCUT2D eigenvalue weighted by Gasteiger charge is 2.57. The molecule has 34 heavy (non-hydrogen) atoms. The number of aryl methyl sites for hydroxylation is 1. The minimum absolute atomic E-state index is 0.220. The third kappa shape index (κ3) is 3.94. The summed E-state index contributed by atoms with van der Waals surface area (Å²) in [5.41, 5.74) is -2.81. The molecule has 9 heteroatoms. The molecule has 2 aromatic carbocycles. The number of hydrogen-bond acceptors (Lipinski definition) is 3. The third-order valence-corrected chi connectivity index (χ3v) is 6.10. The number of nitrogens with zero attached hydrogens (tertiary/aromatic N) is 3. The number of alkyl halides is 3. The lowest BCUT2D eigenvalue weighted by molar-refractivity contribution is -0.247. The van der Waals surface area contributed by atoms with Crippen LogP contribution in [0.5, 0.6) is 0 Å². The van der Waals surface area contributed by atoms with E-state index in [1.807, 2.05) is 0 Å². The van der Waals surface area contributed by atoms with E-state index in [4.69, 9.17) is 0 Å². The van der Waals surface area contributed by atoms with Gasteiger partial charge in [0.1, 0.15) is 0 Å². The van der Waals surface area contributed by atoms with E-state index in [9.17, 15) is 23.1 Å². The van der Waals surface area contributed by atoms with Crippen LogP contribution in [0.3, 0.4) is 0 Å². The van der Waals surface area contributed by atoms with Gasteiger partial charge >= 0.3 is 12.2 Å². The summed E-state index contributed by atoms with van der Waals surface area (Å²) in [4.78, 5) is 12.2. The van der Waals surface area contributed by atoms with Crippen molar-refractivity contribution in [1.29, 1.82) is 0 Å². The van der Waals surface area contributed by atoms with E-state index in [1.165, 1.54) is 30.6 Å². The number of aromatic nitrogens is 3. The van der Waals surface area contributed by atoms with Crippen LogP contribution in [-0.2, 0) is 12.1 Å². The van der Waals surface area contributed by atoms with Gasteiger partial charge in [-0.25, -0.2) is 4.79 Å². The second-order valence-electron chi connectivity index (χ2n) is 8.33. The molecule has 4 rings (SSSR count). The molecular weight excluding hydrogens is 445 g/mol. The Balaban J connectivity index is 1.88. The molecule has 0 bridgehead atoms. The van der Waals surface area contributed by atoms with Gasteiger partial charge in [0.15, 0.2) is 0 Å². The largest absolute Gasteiger partial charge is 0.425 e. The van der Waals surface area contributed by atoms with Gasteiger partial charge in [0.05, 0.1) is 11.7 Å². The lowest BCUT2D eigenvalue weighted by Crippen LogP contribution is -2.43. The van der Waals surface area contributed by atoms with Crippen LogP contribution in [0.2, 0.25) is 0 Å². The van der Waals surface area contributed by atoms with E-state index in [1.54, 1.807) is 35.8 Å². The van der Waals surface area contributed by atoms with E-state index in [2.05, 4.69) is 17.3 Å². The molecular formula is C25H27F3N4O2. The van der Waals surface area contributed by atoms with Gasteiger partial charge in [0.2, 0.25) is 5.60 Å². The van der Waals surface area contributed by atoms with Crippen LogP contribution >= 0.6 is 0 Å². The summed E-state index contributed by atoms with van der Waals surface area (Å²) in [5.74, 6) is 0. The summed E-state index contributed by atoms with van der Waals surface area (Å²) in [6.07, 6.45) is 0.508. The molecule has 0 aliphatic carbocycles. The Bertz CT molecular complexity index is 1320. The maximum absolute atomic E-state index is 14.6. The van der Waals surface area contributed by atoms with Crippen LogP contribution in [0.1, 0.15) is 44.2 Å². The number of halogens is 3. The maximum Gasteiger partial charge on any atom is 0.425 e. The van der Waals surface area contributed by atoms with Crippen molar-refractivity contribution in [2.24, 2.45) is 0 Å². The van der Waals surface area contributed by atoms with Crippen LogP contribution in [0.4, 0.5) is 18.0 Å². The van der Waals surface area contributed by atoms with Crippen molar-refractivity contribution < 1.29 is 23.1 Å². The Labute approximate surface area is 195 Å². The number of para-hydroxylation sites is 1. The molecule has 0 aliphatic rings. The third-order valence-electron chi connectivity index (χ3n) is 6.10.